The molecule has 7 nitrogen and oxygen atoms in total. The van der Waals surface area contributed by atoms with Crippen molar-refractivity contribution in [2.45, 2.75) is 18.9 Å². The lowest BCUT2D eigenvalue weighted by atomic mass is 10.0. The molecule has 0 spiro atoms. The first-order chi connectivity index (χ1) is 14.1. The number of hydrogen-bond donors (Lipinski definition) is 1. The Bertz CT molecular complexity index is 940. The van der Waals surface area contributed by atoms with Crippen LogP contribution in [0, 0.1) is 0 Å². The number of carbonyl (C=O) groups excluding carboxylic acids is 2. The summed E-state index contributed by atoms with van der Waals surface area (Å²) in [4.78, 5) is 30.5. The lowest BCUT2D eigenvalue weighted by molar-refractivity contribution is -0.126. The first kappa shape index (κ1) is 19.3. The van der Waals surface area contributed by atoms with E-state index in [1.807, 2.05) is 0 Å². The second-order valence-corrected chi connectivity index (χ2v) is 7.29. The van der Waals surface area contributed by atoms with Crippen LogP contribution in [0.1, 0.15) is 28.8 Å². The molecule has 0 aliphatic carbocycles. The molecule has 3 heterocycles. The highest BCUT2D eigenvalue weighted by atomic mass is 35.5. The molecule has 150 valence electrons. The van der Waals surface area contributed by atoms with E-state index >= 15 is 0 Å². The lowest BCUT2D eigenvalue weighted by Gasteiger charge is -2.31. The monoisotopic (exact) mass is 413 g/mol. The van der Waals surface area contributed by atoms with E-state index in [0.717, 1.165) is 5.56 Å². The molecule has 2 aromatic rings. The summed E-state index contributed by atoms with van der Waals surface area (Å²) in [6, 6.07) is 7.03. The molecule has 8 heteroatoms. The summed E-state index contributed by atoms with van der Waals surface area (Å²) in [7, 11) is 0. The molecule has 1 N–H and O–H groups in total. The fourth-order valence-electron chi connectivity index (χ4n) is 3.37. The number of carbonyl (C=O) groups is 2. The van der Waals surface area contributed by atoms with Crippen LogP contribution in [0.2, 0.25) is 5.02 Å². The molecule has 4 rings (SSSR count). The Morgan fingerprint density at radius 1 is 1.24 bits per heavy atom. The van der Waals surface area contributed by atoms with Crippen LogP contribution in [0.5, 0.6) is 11.5 Å². The maximum atomic E-state index is 12.5. The molecule has 0 atom stereocenters. The van der Waals surface area contributed by atoms with E-state index in [-0.39, 0.29) is 24.6 Å². The molecule has 0 saturated carbocycles. The van der Waals surface area contributed by atoms with Crippen LogP contribution < -0.4 is 14.8 Å². The zero-order valence-corrected chi connectivity index (χ0v) is 16.4. The van der Waals surface area contributed by atoms with E-state index in [1.165, 1.54) is 6.08 Å². The van der Waals surface area contributed by atoms with Gasteiger partial charge in [-0.2, -0.15) is 0 Å². The van der Waals surface area contributed by atoms with Gasteiger partial charge in [0.1, 0.15) is 0 Å². The molecular formula is C21H20ClN3O4. The quantitative estimate of drug-likeness (QED) is 0.779. The van der Waals surface area contributed by atoms with Crippen molar-refractivity contribution in [1.29, 1.82) is 0 Å². The van der Waals surface area contributed by atoms with E-state index in [9.17, 15) is 9.59 Å². The fourth-order valence-corrected chi connectivity index (χ4v) is 3.64. The summed E-state index contributed by atoms with van der Waals surface area (Å²) in [5.41, 5.74) is 1.31. The van der Waals surface area contributed by atoms with Gasteiger partial charge in [0.15, 0.2) is 11.5 Å². The predicted octanol–water partition coefficient (Wildman–Crippen LogP) is 2.90. The van der Waals surface area contributed by atoms with Crippen LogP contribution in [-0.4, -0.2) is 47.6 Å². The number of rotatable bonds is 4. The molecule has 2 aliphatic rings. The van der Waals surface area contributed by atoms with Gasteiger partial charge in [-0.1, -0.05) is 11.6 Å². The highest BCUT2D eigenvalue weighted by Gasteiger charge is 2.23. The molecular weight excluding hydrogens is 394 g/mol. The van der Waals surface area contributed by atoms with Crippen molar-refractivity contribution in [2.24, 2.45) is 0 Å². The molecule has 1 saturated heterocycles. The van der Waals surface area contributed by atoms with Gasteiger partial charge in [0.2, 0.25) is 12.7 Å². The smallest absolute Gasteiger partial charge is 0.253 e. The molecule has 2 amide bonds. The van der Waals surface area contributed by atoms with Gasteiger partial charge < -0.3 is 19.7 Å². The summed E-state index contributed by atoms with van der Waals surface area (Å²) >= 11 is 6.17. The second kappa shape index (κ2) is 8.53. The highest BCUT2D eigenvalue weighted by molar-refractivity contribution is 6.32. The largest absolute Gasteiger partial charge is 0.454 e. The van der Waals surface area contributed by atoms with Gasteiger partial charge in [0.25, 0.3) is 5.91 Å². The summed E-state index contributed by atoms with van der Waals surface area (Å²) < 4.78 is 10.6. The fraction of sp³-hybridized carbons (Fsp3) is 0.286. The van der Waals surface area contributed by atoms with Gasteiger partial charge in [0.05, 0.1) is 10.6 Å². The van der Waals surface area contributed by atoms with Gasteiger partial charge in [-0.25, -0.2) is 0 Å². The number of halogens is 1. The van der Waals surface area contributed by atoms with Crippen LogP contribution in [0.4, 0.5) is 0 Å². The Balaban J connectivity index is 1.30. The first-order valence-corrected chi connectivity index (χ1v) is 9.75. The Morgan fingerprint density at radius 3 is 2.83 bits per heavy atom. The molecule has 1 aromatic carbocycles. The maximum Gasteiger partial charge on any atom is 0.253 e. The number of ether oxygens (including phenoxy) is 2. The summed E-state index contributed by atoms with van der Waals surface area (Å²) in [5, 5.41) is 3.46. The molecule has 0 radical (unpaired) electrons. The molecule has 0 unspecified atom stereocenters. The number of benzene rings is 1. The molecule has 2 aliphatic heterocycles. The Hall–Kier alpha value is -3.06. The van der Waals surface area contributed by atoms with Crippen molar-refractivity contribution in [1.82, 2.24) is 15.2 Å². The number of hydrogen-bond acceptors (Lipinski definition) is 5. The Kier molecular flexibility index (Phi) is 5.67. The summed E-state index contributed by atoms with van der Waals surface area (Å²) in [5.74, 6) is 0.901. The van der Waals surface area contributed by atoms with Gasteiger partial charge in [-0.15, -0.1) is 0 Å². The molecule has 1 aromatic heterocycles. The highest BCUT2D eigenvalue weighted by Crippen LogP contribution is 2.40. The Labute approximate surface area is 173 Å². The zero-order chi connectivity index (χ0) is 20.2. The minimum Gasteiger partial charge on any atom is -0.454 e. The SMILES string of the molecule is O=C(NC1CCN(C(=O)/C=C\c2cc(Cl)c3c(c2)OCO3)CC1)c1cccnc1. The number of fused-ring (bicyclic) bond motifs is 1. The van der Waals surface area contributed by atoms with Crippen molar-refractivity contribution in [2.75, 3.05) is 19.9 Å². The van der Waals surface area contributed by atoms with E-state index in [4.69, 9.17) is 21.1 Å². The van der Waals surface area contributed by atoms with E-state index in [1.54, 1.807) is 47.6 Å². The van der Waals surface area contributed by atoms with E-state index < -0.39 is 0 Å². The van der Waals surface area contributed by atoms with E-state index in [0.29, 0.717) is 48.0 Å². The number of likely N-dealkylation sites (tertiary alicyclic amines) is 1. The number of pyridine rings is 1. The van der Waals surface area contributed by atoms with Crippen LogP contribution in [-0.2, 0) is 4.79 Å². The third-order valence-electron chi connectivity index (χ3n) is 4.93. The average Bonchev–Trinajstić information content (AvgIpc) is 3.22. The van der Waals surface area contributed by atoms with Crippen molar-refractivity contribution in [3.05, 3.63) is 58.9 Å². The third-order valence-corrected chi connectivity index (χ3v) is 5.21. The minimum absolute atomic E-state index is 0.0448. The molecule has 0 bridgehead atoms. The van der Waals surface area contributed by atoms with Crippen molar-refractivity contribution in [3.63, 3.8) is 0 Å². The summed E-state index contributed by atoms with van der Waals surface area (Å²) in [6.07, 6.45) is 7.84. The summed E-state index contributed by atoms with van der Waals surface area (Å²) in [6.45, 7) is 1.32. The van der Waals surface area contributed by atoms with E-state index in [2.05, 4.69) is 10.3 Å². The van der Waals surface area contributed by atoms with Crippen molar-refractivity contribution < 1.29 is 19.1 Å². The van der Waals surface area contributed by atoms with Crippen LogP contribution in [0.25, 0.3) is 6.08 Å². The maximum absolute atomic E-state index is 12.5. The van der Waals surface area contributed by atoms with Crippen LogP contribution in [0.15, 0.2) is 42.7 Å². The number of aromatic nitrogens is 1. The lowest BCUT2D eigenvalue weighted by Crippen LogP contribution is -2.46. The van der Waals surface area contributed by atoms with Crippen LogP contribution >= 0.6 is 11.6 Å². The van der Waals surface area contributed by atoms with Gasteiger partial charge >= 0.3 is 0 Å². The van der Waals surface area contributed by atoms with Crippen molar-refractivity contribution in [3.8, 4) is 11.5 Å². The minimum atomic E-state index is -0.137. The standard InChI is InChI=1S/C21H20ClN3O4/c22-17-10-14(11-18-20(17)29-13-28-18)3-4-19(26)25-8-5-16(6-9-25)24-21(27)15-2-1-7-23-12-15/h1-4,7,10-12,16H,5-6,8-9,13H2,(H,24,27)/b4-3-. The molecule has 1 fully saturated rings. The van der Waals surface area contributed by atoms with Gasteiger partial charge in [0, 0.05) is 37.6 Å². The number of nitrogens with zero attached hydrogens (tertiary/aromatic N) is 2. The Morgan fingerprint density at radius 2 is 2.07 bits per heavy atom. The third kappa shape index (κ3) is 4.51. The normalized spacial score (nSPS) is 16.2. The second-order valence-electron chi connectivity index (χ2n) is 6.88. The number of piperidine rings is 1. The topological polar surface area (TPSA) is 80.8 Å². The van der Waals surface area contributed by atoms with Crippen molar-refractivity contribution >= 4 is 29.5 Å². The zero-order valence-electron chi connectivity index (χ0n) is 15.6. The van der Waals surface area contributed by atoms with Gasteiger partial charge in [-0.3, -0.25) is 14.6 Å². The predicted molar refractivity (Wildman–Crippen MR) is 108 cm³/mol. The number of nitrogens with one attached hydrogen (secondary N) is 1. The molecule has 29 heavy (non-hydrogen) atoms. The van der Waals surface area contributed by atoms with Crippen LogP contribution in [0.3, 0.4) is 0 Å². The first-order valence-electron chi connectivity index (χ1n) is 9.37. The average molecular weight is 414 g/mol. The number of amides is 2. The van der Waals surface area contributed by atoms with Gasteiger partial charge in [-0.05, 0) is 48.7 Å².